The molecule has 1 aromatic rings. The quantitative estimate of drug-likeness (QED) is 0.927. The van der Waals surface area contributed by atoms with Gasteiger partial charge in [0.2, 0.25) is 5.91 Å². The Bertz CT molecular complexity index is 499. The molecule has 1 N–H and O–H groups in total. The van der Waals surface area contributed by atoms with E-state index < -0.39 is 0 Å². The van der Waals surface area contributed by atoms with Crippen LogP contribution in [0.25, 0.3) is 0 Å². The molecule has 1 saturated heterocycles. The maximum atomic E-state index is 12.2. The molecule has 1 heterocycles. The van der Waals surface area contributed by atoms with Crippen molar-refractivity contribution >= 4 is 12.0 Å². The van der Waals surface area contributed by atoms with E-state index in [1.54, 1.807) is 4.90 Å². The molecular formula is C16H22N2O3. The van der Waals surface area contributed by atoms with Crippen LogP contribution >= 0.6 is 0 Å². The van der Waals surface area contributed by atoms with E-state index in [-0.39, 0.29) is 17.9 Å². The van der Waals surface area contributed by atoms with Crippen molar-refractivity contribution in [3.63, 3.8) is 0 Å². The molecular weight excluding hydrogens is 268 g/mol. The van der Waals surface area contributed by atoms with Crippen LogP contribution < -0.4 is 5.32 Å². The maximum Gasteiger partial charge on any atom is 0.409 e. The molecule has 2 amide bonds. The van der Waals surface area contributed by atoms with E-state index in [0.29, 0.717) is 19.6 Å². The molecule has 1 aromatic carbocycles. The fraction of sp³-hybridized carbons (Fsp3) is 0.500. The first-order valence-corrected chi connectivity index (χ1v) is 7.26. The van der Waals surface area contributed by atoms with Crippen molar-refractivity contribution in [3.8, 4) is 0 Å². The van der Waals surface area contributed by atoms with Gasteiger partial charge in [-0.25, -0.2) is 4.79 Å². The molecule has 1 fully saturated rings. The van der Waals surface area contributed by atoms with Gasteiger partial charge in [0, 0.05) is 19.6 Å². The van der Waals surface area contributed by atoms with Gasteiger partial charge in [-0.2, -0.15) is 0 Å². The molecule has 21 heavy (non-hydrogen) atoms. The van der Waals surface area contributed by atoms with E-state index in [1.807, 2.05) is 31.2 Å². The number of carbonyl (C=O) groups is 2. The van der Waals surface area contributed by atoms with Crippen molar-refractivity contribution < 1.29 is 14.3 Å². The van der Waals surface area contributed by atoms with E-state index in [0.717, 1.165) is 18.4 Å². The first-order valence-electron chi connectivity index (χ1n) is 7.26. The Labute approximate surface area is 125 Å². The monoisotopic (exact) mass is 290 g/mol. The Morgan fingerprint density at radius 2 is 2.05 bits per heavy atom. The van der Waals surface area contributed by atoms with Gasteiger partial charge in [-0.05, 0) is 25.3 Å². The molecule has 1 unspecified atom stereocenters. The molecule has 5 nitrogen and oxygen atoms in total. The summed E-state index contributed by atoms with van der Waals surface area (Å²) in [5, 5.41) is 2.95. The molecule has 114 valence electrons. The van der Waals surface area contributed by atoms with Crippen LogP contribution in [-0.4, -0.2) is 37.1 Å². The SMILES string of the molecule is COC(=O)N1CCCC(C(=O)NCc2ccc(C)cc2)C1. The first-order chi connectivity index (χ1) is 10.1. The van der Waals surface area contributed by atoms with Crippen LogP contribution in [0.15, 0.2) is 24.3 Å². The van der Waals surface area contributed by atoms with E-state index >= 15 is 0 Å². The van der Waals surface area contributed by atoms with Crippen LogP contribution in [0, 0.1) is 12.8 Å². The predicted molar refractivity (Wildman–Crippen MR) is 79.7 cm³/mol. The third kappa shape index (κ3) is 4.21. The average molecular weight is 290 g/mol. The summed E-state index contributed by atoms with van der Waals surface area (Å²) in [4.78, 5) is 25.3. The lowest BCUT2D eigenvalue weighted by molar-refractivity contribution is -0.126. The molecule has 2 rings (SSSR count). The highest BCUT2D eigenvalue weighted by atomic mass is 16.5. The Hall–Kier alpha value is -2.04. The van der Waals surface area contributed by atoms with Crippen LogP contribution in [0.3, 0.4) is 0 Å². The lowest BCUT2D eigenvalue weighted by Gasteiger charge is -2.30. The van der Waals surface area contributed by atoms with Gasteiger partial charge >= 0.3 is 6.09 Å². The topological polar surface area (TPSA) is 58.6 Å². The minimum Gasteiger partial charge on any atom is -0.453 e. The van der Waals surface area contributed by atoms with Gasteiger partial charge in [-0.1, -0.05) is 29.8 Å². The summed E-state index contributed by atoms with van der Waals surface area (Å²) in [5.74, 6) is -0.146. The third-order valence-corrected chi connectivity index (χ3v) is 3.81. The standard InChI is InChI=1S/C16H22N2O3/c1-12-5-7-13(8-6-12)10-17-15(19)14-4-3-9-18(11-14)16(20)21-2/h5-8,14H,3-4,9-11H2,1-2H3,(H,17,19). The highest BCUT2D eigenvalue weighted by molar-refractivity contribution is 5.80. The Morgan fingerprint density at radius 3 is 2.71 bits per heavy atom. The predicted octanol–water partition coefficient (Wildman–Crippen LogP) is 2.09. The number of aryl methyl sites for hydroxylation is 1. The molecule has 1 aliphatic rings. The van der Waals surface area contributed by atoms with Crippen molar-refractivity contribution in [1.29, 1.82) is 0 Å². The number of ether oxygens (including phenoxy) is 1. The van der Waals surface area contributed by atoms with Crippen molar-refractivity contribution in [3.05, 3.63) is 35.4 Å². The van der Waals surface area contributed by atoms with Crippen LogP contribution in [0.4, 0.5) is 4.79 Å². The van der Waals surface area contributed by atoms with Gasteiger partial charge in [0.15, 0.2) is 0 Å². The maximum absolute atomic E-state index is 12.2. The summed E-state index contributed by atoms with van der Waals surface area (Å²) in [6.45, 7) is 3.65. The molecule has 5 heteroatoms. The lowest BCUT2D eigenvalue weighted by atomic mass is 9.97. The molecule has 1 atom stereocenters. The molecule has 0 radical (unpaired) electrons. The molecule has 1 aliphatic heterocycles. The number of nitrogens with zero attached hydrogens (tertiary/aromatic N) is 1. The zero-order valence-electron chi connectivity index (χ0n) is 12.6. The number of hydrogen-bond donors (Lipinski definition) is 1. The summed E-state index contributed by atoms with van der Waals surface area (Å²) in [5.41, 5.74) is 2.28. The number of benzene rings is 1. The largest absolute Gasteiger partial charge is 0.453 e. The lowest BCUT2D eigenvalue weighted by Crippen LogP contribution is -2.45. The summed E-state index contributed by atoms with van der Waals surface area (Å²) in [6, 6.07) is 8.08. The number of carbonyl (C=O) groups excluding carboxylic acids is 2. The molecule has 0 aliphatic carbocycles. The second-order valence-electron chi connectivity index (χ2n) is 5.46. The van der Waals surface area contributed by atoms with E-state index in [2.05, 4.69) is 5.32 Å². The van der Waals surface area contributed by atoms with Crippen LogP contribution in [-0.2, 0) is 16.1 Å². The van der Waals surface area contributed by atoms with Gasteiger partial charge in [-0.15, -0.1) is 0 Å². The Balaban J connectivity index is 1.85. The number of piperidine rings is 1. The van der Waals surface area contributed by atoms with E-state index in [9.17, 15) is 9.59 Å². The van der Waals surface area contributed by atoms with Gasteiger partial charge in [-0.3, -0.25) is 4.79 Å². The fourth-order valence-corrected chi connectivity index (χ4v) is 2.53. The molecule has 0 bridgehead atoms. The summed E-state index contributed by atoms with van der Waals surface area (Å²) >= 11 is 0. The van der Waals surface area contributed by atoms with Crippen molar-refractivity contribution in [2.75, 3.05) is 20.2 Å². The highest BCUT2D eigenvalue weighted by Gasteiger charge is 2.28. The number of methoxy groups -OCH3 is 1. The summed E-state index contributed by atoms with van der Waals surface area (Å²) in [7, 11) is 1.36. The number of hydrogen-bond acceptors (Lipinski definition) is 3. The fourth-order valence-electron chi connectivity index (χ4n) is 2.53. The van der Waals surface area contributed by atoms with Gasteiger partial charge in [0.1, 0.15) is 0 Å². The molecule has 0 aromatic heterocycles. The Kier molecular flexibility index (Phi) is 5.20. The number of likely N-dealkylation sites (tertiary alicyclic amines) is 1. The highest BCUT2D eigenvalue weighted by Crippen LogP contribution is 2.17. The second kappa shape index (κ2) is 7.11. The van der Waals surface area contributed by atoms with Gasteiger partial charge in [0.25, 0.3) is 0 Å². The number of rotatable bonds is 3. The summed E-state index contributed by atoms with van der Waals surface area (Å²) in [6.07, 6.45) is 1.29. The van der Waals surface area contributed by atoms with Gasteiger partial charge < -0.3 is 15.0 Å². The van der Waals surface area contributed by atoms with Crippen LogP contribution in [0.5, 0.6) is 0 Å². The number of amides is 2. The van der Waals surface area contributed by atoms with Crippen molar-refractivity contribution in [2.45, 2.75) is 26.3 Å². The zero-order valence-corrected chi connectivity index (χ0v) is 12.6. The van der Waals surface area contributed by atoms with Gasteiger partial charge in [0.05, 0.1) is 13.0 Å². The normalized spacial score (nSPS) is 18.2. The zero-order chi connectivity index (χ0) is 15.2. The minimum atomic E-state index is -0.356. The van der Waals surface area contributed by atoms with Crippen molar-refractivity contribution in [2.24, 2.45) is 5.92 Å². The smallest absolute Gasteiger partial charge is 0.409 e. The van der Waals surface area contributed by atoms with Crippen molar-refractivity contribution in [1.82, 2.24) is 10.2 Å². The van der Waals surface area contributed by atoms with E-state index in [1.165, 1.54) is 12.7 Å². The molecule has 0 saturated carbocycles. The Morgan fingerprint density at radius 1 is 1.33 bits per heavy atom. The second-order valence-corrected chi connectivity index (χ2v) is 5.46. The number of nitrogens with one attached hydrogen (secondary N) is 1. The average Bonchev–Trinajstić information content (AvgIpc) is 2.53. The minimum absolute atomic E-state index is 0.00387. The van der Waals surface area contributed by atoms with Crippen LogP contribution in [0.2, 0.25) is 0 Å². The molecule has 0 spiro atoms. The van der Waals surface area contributed by atoms with Crippen LogP contribution in [0.1, 0.15) is 24.0 Å². The summed E-state index contributed by atoms with van der Waals surface area (Å²) < 4.78 is 4.71. The van der Waals surface area contributed by atoms with E-state index in [4.69, 9.17) is 4.74 Å². The third-order valence-electron chi connectivity index (χ3n) is 3.81. The first kappa shape index (κ1) is 15.4.